The van der Waals surface area contributed by atoms with Gasteiger partial charge < -0.3 is 5.32 Å². The van der Waals surface area contributed by atoms with Crippen LogP contribution in [0.1, 0.15) is 36.8 Å². The molecule has 1 radical (unpaired) electrons. The second-order valence-electron chi connectivity index (χ2n) is 5.44. The average molecular weight is 259 g/mol. The Hall–Kier alpha value is -1.35. The zero-order chi connectivity index (χ0) is 13.5. The van der Waals surface area contributed by atoms with E-state index in [1.54, 1.807) is 0 Å². The molecule has 0 bridgehead atoms. The number of amides is 1. The first-order valence-electron chi connectivity index (χ1n) is 7.19. The zero-order valence-corrected chi connectivity index (χ0v) is 11.7. The van der Waals surface area contributed by atoms with Gasteiger partial charge in [0.25, 0.3) is 0 Å². The third-order valence-corrected chi connectivity index (χ3v) is 3.71. The number of carbonyl (C=O) groups excluding carboxylic acids is 1. The van der Waals surface area contributed by atoms with Crippen LogP contribution in [0.3, 0.4) is 0 Å². The van der Waals surface area contributed by atoms with Crippen molar-refractivity contribution in [2.45, 2.75) is 39.2 Å². The Morgan fingerprint density at radius 2 is 2.16 bits per heavy atom. The molecule has 2 rings (SSSR count). The van der Waals surface area contributed by atoms with Crippen LogP contribution >= 0.6 is 0 Å². The molecule has 1 N–H and O–H groups in total. The van der Waals surface area contributed by atoms with Gasteiger partial charge in [-0.2, -0.15) is 0 Å². The van der Waals surface area contributed by atoms with Gasteiger partial charge in [0.1, 0.15) is 0 Å². The molecule has 3 heteroatoms. The number of piperidine rings is 1. The standard InChI is InChI=1S/C16H23N2O/c1-13-4-6-15(7-5-13)12-18-16(19)9-8-14-3-2-10-17-11-14/h4-7,14H,2-3,8-12H2,1H3,(H,18,19). The lowest BCUT2D eigenvalue weighted by Gasteiger charge is -2.20. The van der Waals surface area contributed by atoms with Crippen LogP contribution in [-0.2, 0) is 11.3 Å². The van der Waals surface area contributed by atoms with E-state index < -0.39 is 0 Å². The average Bonchev–Trinajstić information content (AvgIpc) is 2.45. The van der Waals surface area contributed by atoms with Crippen LogP contribution in [0.25, 0.3) is 0 Å². The number of nitrogens with zero attached hydrogens (tertiary/aromatic N) is 1. The predicted molar refractivity (Wildman–Crippen MR) is 76.9 cm³/mol. The van der Waals surface area contributed by atoms with Gasteiger partial charge in [0, 0.05) is 26.1 Å². The topological polar surface area (TPSA) is 43.2 Å². The van der Waals surface area contributed by atoms with E-state index in [4.69, 9.17) is 0 Å². The number of nitrogens with one attached hydrogen (secondary N) is 1. The Morgan fingerprint density at radius 3 is 2.84 bits per heavy atom. The first kappa shape index (κ1) is 14.1. The van der Waals surface area contributed by atoms with E-state index in [0.29, 0.717) is 18.9 Å². The fourth-order valence-electron chi connectivity index (χ4n) is 2.42. The normalized spacial score (nSPS) is 19.1. The van der Waals surface area contributed by atoms with Crippen molar-refractivity contribution in [3.05, 3.63) is 35.4 Å². The number of benzene rings is 1. The molecule has 0 saturated carbocycles. The van der Waals surface area contributed by atoms with Crippen LogP contribution in [0, 0.1) is 12.8 Å². The molecule has 1 saturated heterocycles. The minimum atomic E-state index is 0.158. The zero-order valence-electron chi connectivity index (χ0n) is 11.7. The summed E-state index contributed by atoms with van der Waals surface area (Å²) >= 11 is 0. The van der Waals surface area contributed by atoms with Gasteiger partial charge in [-0.3, -0.25) is 4.79 Å². The Balaban J connectivity index is 1.65. The van der Waals surface area contributed by atoms with Gasteiger partial charge >= 0.3 is 0 Å². The second-order valence-corrected chi connectivity index (χ2v) is 5.44. The second kappa shape index (κ2) is 7.29. The van der Waals surface area contributed by atoms with E-state index in [-0.39, 0.29) is 5.91 Å². The number of aryl methyl sites for hydroxylation is 1. The number of rotatable bonds is 5. The third kappa shape index (κ3) is 5.03. The summed E-state index contributed by atoms with van der Waals surface area (Å²) in [5, 5.41) is 7.40. The molecule has 1 aliphatic heterocycles. The maximum absolute atomic E-state index is 11.8. The minimum Gasteiger partial charge on any atom is -0.352 e. The molecule has 1 fully saturated rings. The Kier molecular flexibility index (Phi) is 5.40. The molecular weight excluding hydrogens is 236 g/mol. The molecule has 103 valence electrons. The summed E-state index contributed by atoms with van der Waals surface area (Å²) in [6.07, 6.45) is 4.03. The molecular formula is C16H23N2O. The van der Waals surface area contributed by atoms with Gasteiger partial charge in [0.15, 0.2) is 0 Å². The molecule has 1 aromatic carbocycles. The van der Waals surface area contributed by atoms with Crippen LogP contribution in [0.2, 0.25) is 0 Å². The Bertz CT molecular complexity index is 394. The molecule has 0 spiro atoms. The Labute approximate surface area is 115 Å². The molecule has 1 aliphatic rings. The molecule has 3 nitrogen and oxygen atoms in total. The number of carbonyl (C=O) groups is 1. The summed E-state index contributed by atoms with van der Waals surface area (Å²) in [6, 6.07) is 8.28. The van der Waals surface area contributed by atoms with Gasteiger partial charge in [0.05, 0.1) is 0 Å². The summed E-state index contributed by atoms with van der Waals surface area (Å²) in [5.74, 6) is 0.782. The smallest absolute Gasteiger partial charge is 0.220 e. The number of hydrogen-bond acceptors (Lipinski definition) is 1. The van der Waals surface area contributed by atoms with Gasteiger partial charge in [-0.1, -0.05) is 29.8 Å². The third-order valence-electron chi connectivity index (χ3n) is 3.71. The van der Waals surface area contributed by atoms with Crippen molar-refractivity contribution in [3.63, 3.8) is 0 Å². The first-order valence-corrected chi connectivity index (χ1v) is 7.19. The van der Waals surface area contributed by atoms with Crippen molar-refractivity contribution >= 4 is 5.91 Å². The number of hydrogen-bond donors (Lipinski definition) is 1. The fraction of sp³-hybridized carbons (Fsp3) is 0.562. The molecule has 19 heavy (non-hydrogen) atoms. The molecule has 1 atom stereocenters. The summed E-state index contributed by atoms with van der Waals surface area (Å²) in [5.41, 5.74) is 2.41. The van der Waals surface area contributed by atoms with Gasteiger partial charge in [-0.25, -0.2) is 5.32 Å². The summed E-state index contributed by atoms with van der Waals surface area (Å²) in [7, 11) is 0. The predicted octanol–water partition coefficient (Wildman–Crippen LogP) is 2.41. The highest BCUT2D eigenvalue weighted by molar-refractivity contribution is 5.75. The molecule has 0 aliphatic carbocycles. The summed E-state index contributed by atoms with van der Waals surface area (Å²) in [6.45, 7) is 4.66. The van der Waals surface area contributed by atoms with E-state index in [1.165, 1.54) is 18.4 Å². The highest BCUT2D eigenvalue weighted by Gasteiger charge is 2.14. The van der Waals surface area contributed by atoms with E-state index in [0.717, 1.165) is 25.1 Å². The van der Waals surface area contributed by atoms with Crippen molar-refractivity contribution in [2.24, 2.45) is 5.92 Å². The van der Waals surface area contributed by atoms with Crippen molar-refractivity contribution < 1.29 is 4.79 Å². The summed E-state index contributed by atoms with van der Waals surface area (Å²) in [4.78, 5) is 11.8. The van der Waals surface area contributed by atoms with E-state index in [9.17, 15) is 4.79 Å². The lowest BCUT2D eigenvalue weighted by molar-refractivity contribution is -0.121. The lowest BCUT2D eigenvalue weighted by Crippen LogP contribution is -2.27. The fourth-order valence-corrected chi connectivity index (χ4v) is 2.42. The van der Waals surface area contributed by atoms with Crippen molar-refractivity contribution in [2.75, 3.05) is 13.1 Å². The van der Waals surface area contributed by atoms with Crippen LogP contribution in [-0.4, -0.2) is 19.0 Å². The van der Waals surface area contributed by atoms with Crippen LogP contribution in [0.4, 0.5) is 0 Å². The van der Waals surface area contributed by atoms with Gasteiger partial charge in [-0.15, -0.1) is 0 Å². The monoisotopic (exact) mass is 259 g/mol. The maximum atomic E-state index is 11.8. The molecule has 1 unspecified atom stereocenters. The van der Waals surface area contributed by atoms with Crippen molar-refractivity contribution in [1.82, 2.24) is 10.6 Å². The van der Waals surface area contributed by atoms with E-state index in [1.807, 2.05) is 0 Å². The molecule has 1 heterocycles. The lowest BCUT2D eigenvalue weighted by atomic mass is 9.94. The minimum absolute atomic E-state index is 0.158. The molecule has 1 amide bonds. The largest absolute Gasteiger partial charge is 0.352 e. The van der Waals surface area contributed by atoms with E-state index in [2.05, 4.69) is 41.8 Å². The quantitative estimate of drug-likeness (QED) is 0.867. The molecule has 0 aromatic heterocycles. The highest BCUT2D eigenvalue weighted by Crippen LogP contribution is 2.16. The molecule has 1 aromatic rings. The van der Waals surface area contributed by atoms with Gasteiger partial charge in [0.2, 0.25) is 5.91 Å². The Morgan fingerprint density at radius 1 is 1.37 bits per heavy atom. The van der Waals surface area contributed by atoms with Crippen molar-refractivity contribution in [1.29, 1.82) is 0 Å². The van der Waals surface area contributed by atoms with Crippen LogP contribution in [0.15, 0.2) is 24.3 Å². The van der Waals surface area contributed by atoms with E-state index >= 15 is 0 Å². The van der Waals surface area contributed by atoms with Crippen molar-refractivity contribution in [3.8, 4) is 0 Å². The van der Waals surface area contributed by atoms with Crippen LogP contribution < -0.4 is 10.6 Å². The highest BCUT2D eigenvalue weighted by atomic mass is 16.1. The van der Waals surface area contributed by atoms with Gasteiger partial charge in [-0.05, 0) is 37.7 Å². The first-order chi connectivity index (χ1) is 9.24. The van der Waals surface area contributed by atoms with Crippen LogP contribution in [0.5, 0.6) is 0 Å². The SMILES string of the molecule is Cc1ccc(CNC(=O)CCC2CCC[N]C2)cc1. The maximum Gasteiger partial charge on any atom is 0.220 e. The summed E-state index contributed by atoms with van der Waals surface area (Å²) < 4.78 is 0.